The number of anilines is 1. The fourth-order valence-corrected chi connectivity index (χ4v) is 4.40. The van der Waals surface area contributed by atoms with Crippen LogP contribution in [0, 0.1) is 28.9 Å². The van der Waals surface area contributed by atoms with E-state index in [-0.39, 0.29) is 11.4 Å². The molecule has 4 rings (SSSR count). The van der Waals surface area contributed by atoms with Crippen LogP contribution in [-0.4, -0.2) is 46.7 Å². The maximum atomic E-state index is 13.4. The van der Waals surface area contributed by atoms with Crippen LogP contribution in [0.4, 0.5) is 11.4 Å². The Balaban J connectivity index is 1.76. The van der Waals surface area contributed by atoms with Gasteiger partial charge in [0, 0.05) is 25.5 Å². The summed E-state index contributed by atoms with van der Waals surface area (Å²) in [6.07, 6.45) is 0.623. The SMILES string of the molecule is CC(=O)OC(OC(C)=O)C12C=CC(O1)C1C(=O)N(c3ccc(C)c([N+](=O)[O-])c3)C(=O)C12. The topological polar surface area (TPSA) is 142 Å². The molecule has 162 valence electrons. The number of fused-ring (bicyclic) bond motifs is 5. The van der Waals surface area contributed by atoms with Gasteiger partial charge in [0.25, 0.3) is 12.0 Å². The number of amides is 2. The molecule has 11 nitrogen and oxygen atoms in total. The first kappa shape index (κ1) is 20.7. The average molecular weight is 430 g/mol. The molecule has 2 fully saturated rings. The summed E-state index contributed by atoms with van der Waals surface area (Å²) in [5.74, 6) is -4.93. The van der Waals surface area contributed by atoms with Crippen LogP contribution in [0.1, 0.15) is 19.4 Å². The third-order valence-corrected chi connectivity index (χ3v) is 5.64. The molecule has 2 saturated heterocycles. The monoisotopic (exact) mass is 430 g/mol. The fourth-order valence-electron chi connectivity index (χ4n) is 4.40. The van der Waals surface area contributed by atoms with Crippen LogP contribution in [0.15, 0.2) is 30.4 Å². The zero-order chi connectivity index (χ0) is 22.7. The summed E-state index contributed by atoms with van der Waals surface area (Å²) < 4.78 is 16.1. The van der Waals surface area contributed by atoms with Crippen LogP contribution in [-0.2, 0) is 33.4 Å². The van der Waals surface area contributed by atoms with Gasteiger partial charge in [-0.1, -0.05) is 12.1 Å². The molecule has 31 heavy (non-hydrogen) atoms. The summed E-state index contributed by atoms with van der Waals surface area (Å²) in [4.78, 5) is 61.3. The molecule has 11 heteroatoms. The van der Waals surface area contributed by atoms with Gasteiger partial charge in [0.1, 0.15) is 0 Å². The molecule has 1 aromatic rings. The molecule has 0 radical (unpaired) electrons. The second-order valence-corrected chi connectivity index (χ2v) is 7.59. The van der Waals surface area contributed by atoms with Gasteiger partial charge in [-0.15, -0.1) is 0 Å². The standard InChI is InChI=1S/C20H18N2O9/c1-9-4-5-12(8-13(9)22(27)28)21-17(25)15-14-6-7-20(31-14,16(15)18(21)26)19(29-10(2)23)30-11(3)24/h4-8,14-16,19H,1-3H3. The van der Waals surface area contributed by atoms with Gasteiger partial charge in [0.15, 0.2) is 5.60 Å². The number of imide groups is 1. The molecule has 0 spiro atoms. The van der Waals surface area contributed by atoms with Gasteiger partial charge in [-0.05, 0) is 19.1 Å². The van der Waals surface area contributed by atoms with Crippen LogP contribution < -0.4 is 4.90 Å². The highest BCUT2D eigenvalue weighted by atomic mass is 16.7. The highest BCUT2D eigenvalue weighted by molar-refractivity contribution is 6.23. The smallest absolute Gasteiger partial charge is 0.305 e. The predicted octanol–water partition coefficient (Wildman–Crippen LogP) is 1.17. The predicted molar refractivity (Wildman–Crippen MR) is 101 cm³/mol. The van der Waals surface area contributed by atoms with Crippen molar-refractivity contribution < 1.29 is 38.3 Å². The minimum atomic E-state index is -1.68. The molecule has 0 aromatic heterocycles. The summed E-state index contributed by atoms with van der Waals surface area (Å²) in [5, 5.41) is 11.3. The summed E-state index contributed by atoms with van der Waals surface area (Å²) in [7, 11) is 0. The van der Waals surface area contributed by atoms with E-state index in [1.54, 1.807) is 13.0 Å². The Hall–Kier alpha value is -3.60. The number of hydrogen-bond donors (Lipinski definition) is 0. The molecular weight excluding hydrogens is 412 g/mol. The van der Waals surface area contributed by atoms with E-state index < -0.39 is 58.5 Å². The van der Waals surface area contributed by atoms with E-state index in [0.717, 1.165) is 24.8 Å². The van der Waals surface area contributed by atoms with Crippen molar-refractivity contribution in [3.05, 3.63) is 46.0 Å². The Bertz CT molecular complexity index is 1050. The van der Waals surface area contributed by atoms with E-state index in [1.807, 2.05) is 0 Å². The third-order valence-electron chi connectivity index (χ3n) is 5.64. The first-order valence-corrected chi connectivity index (χ1v) is 9.41. The quantitative estimate of drug-likeness (QED) is 0.168. The summed E-state index contributed by atoms with van der Waals surface area (Å²) in [6, 6.07) is 4.05. The lowest BCUT2D eigenvalue weighted by Gasteiger charge is -2.34. The van der Waals surface area contributed by atoms with Crippen LogP contribution in [0.5, 0.6) is 0 Å². The number of nitrogens with zero attached hydrogens (tertiary/aromatic N) is 2. The largest absolute Gasteiger partial charge is 0.422 e. The zero-order valence-electron chi connectivity index (χ0n) is 16.8. The molecule has 1 aromatic carbocycles. The molecule has 3 aliphatic heterocycles. The van der Waals surface area contributed by atoms with Gasteiger partial charge >= 0.3 is 11.9 Å². The average Bonchev–Trinajstić information content (AvgIpc) is 3.32. The van der Waals surface area contributed by atoms with Crippen LogP contribution in [0.25, 0.3) is 0 Å². The summed E-state index contributed by atoms with van der Waals surface area (Å²) >= 11 is 0. The van der Waals surface area contributed by atoms with Crippen molar-refractivity contribution >= 4 is 35.1 Å². The van der Waals surface area contributed by atoms with E-state index in [0.29, 0.717) is 5.56 Å². The molecule has 0 N–H and O–H groups in total. The Kier molecular flexibility index (Phi) is 4.65. The molecule has 3 heterocycles. The van der Waals surface area contributed by atoms with E-state index in [4.69, 9.17) is 14.2 Å². The van der Waals surface area contributed by atoms with Crippen molar-refractivity contribution in [2.24, 2.45) is 11.8 Å². The van der Waals surface area contributed by atoms with Crippen molar-refractivity contribution in [1.82, 2.24) is 0 Å². The number of ether oxygens (including phenoxy) is 3. The number of nitro benzene ring substituents is 1. The van der Waals surface area contributed by atoms with Crippen LogP contribution >= 0.6 is 0 Å². The fraction of sp³-hybridized carbons (Fsp3) is 0.400. The third kappa shape index (κ3) is 3.00. The van der Waals surface area contributed by atoms with Crippen molar-refractivity contribution in [3.8, 4) is 0 Å². The maximum Gasteiger partial charge on any atom is 0.305 e. The first-order chi connectivity index (χ1) is 14.6. The zero-order valence-corrected chi connectivity index (χ0v) is 16.8. The Labute approximate surface area is 175 Å². The van der Waals surface area contributed by atoms with Crippen molar-refractivity contribution in [2.75, 3.05) is 4.90 Å². The second-order valence-electron chi connectivity index (χ2n) is 7.59. The van der Waals surface area contributed by atoms with Gasteiger partial charge in [-0.25, -0.2) is 4.90 Å². The number of esters is 2. The minimum absolute atomic E-state index is 0.0489. The van der Waals surface area contributed by atoms with Gasteiger partial charge in [-0.3, -0.25) is 29.3 Å². The number of benzene rings is 1. The van der Waals surface area contributed by atoms with Crippen molar-refractivity contribution in [3.63, 3.8) is 0 Å². The molecule has 4 unspecified atom stereocenters. The normalized spacial score (nSPS) is 28.3. The first-order valence-electron chi connectivity index (χ1n) is 9.41. The Morgan fingerprint density at radius 3 is 2.42 bits per heavy atom. The molecule has 0 aliphatic carbocycles. The number of aryl methyl sites for hydroxylation is 1. The second kappa shape index (κ2) is 6.98. The van der Waals surface area contributed by atoms with Gasteiger partial charge in [0.05, 0.1) is 28.6 Å². The molecule has 2 amide bonds. The highest BCUT2D eigenvalue weighted by Gasteiger charge is 2.72. The molecule has 3 aliphatic rings. The van der Waals surface area contributed by atoms with Crippen LogP contribution in [0.2, 0.25) is 0 Å². The van der Waals surface area contributed by atoms with E-state index in [2.05, 4.69) is 0 Å². The van der Waals surface area contributed by atoms with E-state index >= 15 is 0 Å². The summed E-state index contributed by atoms with van der Waals surface area (Å²) in [6.45, 7) is 3.75. The number of rotatable bonds is 5. The Morgan fingerprint density at radius 2 is 1.84 bits per heavy atom. The number of nitro groups is 1. The van der Waals surface area contributed by atoms with Gasteiger partial charge < -0.3 is 14.2 Å². The minimum Gasteiger partial charge on any atom is -0.422 e. The van der Waals surface area contributed by atoms with Crippen LogP contribution in [0.3, 0.4) is 0 Å². The molecule has 2 bridgehead atoms. The molecular formula is C20H18N2O9. The lowest BCUT2D eigenvalue weighted by molar-refractivity contribution is -0.385. The molecule has 0 saturated carbocycles. The lowest BCUT2D eigenvalue weighted by atomic mass is 9.76. The van der Waals surface area contributed by atoms with Gasteiger partial charge in [0.2, 0.25) is 11.8 Å². The van der Waals surface area contributed by atoms with Gasteiger partial charge in [-0.2, -0.15) is 0 Å². The number of carbonyl (C=O) groups excluding carboxylic acids is 4. The van der Waals surface area contributed by atoms with E-state index in [1.165, 1.54) is 18.2 Å². The highest BCUT2D eigenvalue weighted by Crippen LogP contribution is 2.54. The number of carbonyl (C=O) groups is 4. The van der Waals surface area contributed by atoms with E-state index in [9.17, 15) is 29.3 Å². The maximum absolute atomic E-state index is 13.4. The van der Waals surface area contributed by atoms with Crippen molar-refractivity contribution in [2.45, 2.75) is 38.8 Å². The number of hydrogen-bond acceptors (Lipinski definition) is 9. The van der Waals surface area contributed by atoms with Crippen molar-refractivity contribution in [1.29, 1.82) is 0 Å². The molecule has 4 atom stereocenters. The summed E-state index contributed by atoms with van der Waals surface area (Å²) in [5.41, 5.74) is -1.49. The lowest BCUT2D eigenvalue weighted by Crippen LogP contribution is -2.52. The Morgan fingerprint density at radius 1 is 1.19 bits per heavy atom.